The van der Waals surface area contributed by atoms with Gasteiger partial charge >= 0.3 is 0 Å². The fourth-order valence-corrected chi connectivity index (χ4v) is 7.91. The highest BCUT2D eigenvalue weighted by Gasteiger charge is 2.34. The molecule has 262 valence electrons. The Labute approximate surface area is 311 Å². The number of anilines is 3. The van der Waals surface area contributed by atoms with Gasteiger partial charge in [-0.05, 0) is 135 Å². The van der Waals surface area contributed by atoms with E-state index >= 15 is 4.39 Å². The molecule has 0 saturated carbocycles. The lowest BCUT2D eigenvalue weighted by atomic mass is 9.80. The van der Waals surface area contributed by atoms with Gasteiger partial charge in [-0.1, -0.05) is 60.7 Å². The number of pyridine rings is 1. The van der Waals surface area contributed by atoms with Crippen LogP contribution in [0.5, 0.6) is 0 Å². The first-order chi connectivity index (χ1) is 25.5. The van der Waals surface area contributed by atoms with Crippen LogP contribution in [0, 0.1) is 61.2 Å². The highest BCUT2D eigenvalue weighted by atomic mass is 19.1. The first-order valence-electron chi connectivity index (χ1n) is 18.1. The Morgan fingerprint density at radius 3 is 1.47 bits per heavy atom. The van der Waals surface area contributed by atoms with E-state index in [-0.39, 0.29) is 5.82 Å². The zero-order valence-corrected chi connectivity index (χ0v) is 31.6. The molecule has 0 amide bonds. The highest BCUT2D eigenvalue weighted by molar-refractivity contribution is 5.95. The summed E-state index contributed by atoms with van der Waals surface area (Å²) in [7, 11) is 0. The van der Waals surface area contributed by atoms with Crippen LogP contribution in [-0.2, 0) is 6.42 Å². The van der Waals surface area contributed by atoms with Crippen molar-refractivity contribution >= 4 is 17.1 Å². The first-order valence-corrected chi connectivity index (χ1v) is 18.1. The summed E-state index contributed by atoms with van der Waals surface area (Å²) in [6.07, 6.45) is 4.45. The first kappa shape index (κ1) is 34.1. The maximum absolute atomic E-state index is 16.4. The van der Waals surface area contributed by atoms with E-state index in [2.05, 4.69) is 65.3 Å². The van der Waals surface area contributed by atoms with E-state index in [1.807, 2.05) is 79.0 Å². The smallest absolute Gasteiger partial charge is 0.164 e. The maximum atomic E-state index is 16.4. The zero-order chi connectivity index (χ0) is 37.1. The van der Waals surface area contributed by atoms with Crippen LogP contribution in [0.3, 0.4) is 0 Å². The molecule has 1 aliphatic rings. The minimum atomic E-state index is -0.345. The Balaban J connectivity index is 1.37. The van der Waals surface area contributed by atoms with Gasteiger partial charge in [0.15, 0.2) is 17.5 Å². The second kappa shape index (κ2) is 13.2. The van der Waals surface area contributed by atoms with Crippen LogP contribution < -0.4 is 4.90 Å². The number of fused-ring (bicyclic) bond motifs is 2. The van der Waals surface area contributed by atoms with Crippen molar-refractivity contribution in [1.82, 2.24) is 19.9 Å². The molecule has 0 atom stereocenters. The second-order valence-electron chi connectivity index (χ2n) is 14.3. The Morgan fingerprint density at radius 2 is 0.962 bits per heavy atom. The van der Waals surface area contributed by atoms with Gasteiger partial charge in [-0.25, -0.2) is 19.3 Å². The van der Waals surface area contributed by atoms with Gasteiger partial charge in [0.05, 0.1) is 17.1 Å². The Hall–Kier alpha value is -6.01. The number of hydrogen-bond acceptors (Lipinski definition) is 5. The second-order valence-corrected chi connectivity index (χ2v) is 14.3. The Kier molecular flexibility index (Phi) is 8.49. The lowest BCUT2D eigenvalue weighted by Gasteiger charge is -2.40. The quantitative estimate of drug-likeness (QED) is 0.179. The molecule has 0 N–H and O–H groups in total. The summed E-state index contributed by atoms with van der Waals surface area (Å²) in [5.41, 5.74) is 19.6. The largest absolute Gasteiger partial charge is 0.309 e. The molecule has 0 saturated heterocycles. The van der Waals surface area contributed by atoms with Crippen molar-refractivity contribution in [2.75, 3.05) is 4.90 Å². The summed E-state index contributed by atoms with van der Waals surface area (Å²) >= 11 is 0. The van der Waals surface area contributed by atoms with Gasteiger partial charge in [0, 0.05) is 46.6 Å². The predicted molar refractivity (Wildman–Crippen MR) is 215 cm³/mol. The van der Waals surface area contributed by atoms with Crippen LogP contribution in [0.4, 0.5) is 21.5 Å². The number of rotatable bonds is 5. The van der Waals surface area contributed by atoms with Crippen molar-refractivity contribution < 1.29 is 4.39 Å². The van der Waals surface area contributed by atoms with Crippen LogP contribution >= 0.6 is 0 Å². The number of benzene rings is 5. The minimum absolute atomic E-state index is 0.345. The molecule has 1 aliphatic heterocycles. The molecule has 2 aromatic heterocycles. The molecule has 6 heteroatoms. The minimum Gasteiger partial charge on any atom is -0.309 e. The number of halogens is 1. The molecule has 0 radical (unpaired) electrons. The predicted octanol–water partition coefficient (Wildman–Crippen LogP) is 11.9. The molecule has 0 unspecified atom stereocenters. The average molecular weight is 696 g/mol. The SMILES string of the molecule is Cc1c(C)c(C)c2c(c1C)Cc1c(C)c(C)c(C)c(C)c1N2c1ccncc1-c1cc(-c2nc(-c3ccccc3)nc(-c3ccccc3)n2)ccc1F. The fourth-order valence-electron chi connectivity index (χ4n) is 7.91. The summed E-state index contributed by atoms with van der Waals surface area (Å²) in [5, 5.41) is 0. The number of hydrogen-bond donors (Lipinski definition) is 0. The van der Waals surface area contributed by atoms with E-state index in [1.54, 1.807) is 12.3 Å². The van der Waals surface area contributed by atoms with Crippen molar-refractivity contribution in [3.8, 4) is 45.3 Å². The molecule has 7 aromatic rings. The monoisotopic (exact) mass is 695 g/mol. The van der Waals surface area contributed by atoms with Gasteiger partial charge in [-0.15, -0.1) is 0 Å². The van der Waals surface area contributed by atoms with Gasteiger partial charge in [-0.2, -0.15) is 0 Å². The zero-order valence-electron chi connectivity index (χ0n) is 31.6. The highest BCUT2D eigenvalue weighted by Crippen LogP contribution is 2.53. The molecular weight excluding hydrogens is 654 g/mol. The van der Waals surface area contributed by atoms with E-state index < -0.39 is 0 Å². The normalized spacial score (nSPS) is 12.1. The molecule has 0 fully saturated rings. The molecule has 8 rings (SSSR count). The van der Waals surface area contributed by atoms with E-state index in [4.69, 9.17) is 15.0 Å². The van der Waals surface area contributed by atoms with E-state index in [0.29, 0.717) is 34.2 Å². The molecule has 0 aliphatic carbocycles. The van der Waals surface area contributed by atoms with Gasteiger partial charge in [0.25, 0.3) is 0 Å². The lowest BCUT2D eigenvalue weighted by Crippen LogP contribution is -2.25. The topological polar surface area (TPSA) is 54.8 Å². The van der Waals surface area contributed by atoms with Gasteiger partial charge < -0.3 is 4.90 Å². The standard InChI is InChI=1S/C47H42FN5/c1-26-28(3)32(7)43-37(30(26)5)24-38-31(6)27(2)29(4)33(8)44(38)53(43)42-21-22-49-25-40(42)39-23-36(19-20-41(39)48)47-51-45(34-15-11-9-12-16-34)50-46(52-47)35-17-13-10-14-18-35/h9-23,25H,24H2,1-8H3. The van der Waals surface area contributed by atoms with Crippen molar-refractivity contribution in [3.05, 3.63) is 159 Å². The van der Waals surface area contributed by atoms with Crippen LogP contribution in [0.25, 0.3) is 45.3 Å². The van der Waals surface area contributed by atoms with Crippen molar-refractivity contribution in [2.24, 2.45) is 0 Å². The number of nitrogens with zero attached hydrogens (tertiary/aromatic N) is 5. The summed E-state index contributed by atoms with van der Waals surface area (Å²) < 4.78 is 16.4. The third-order valence-electron chi connectivity index (χ3n) is 11.6. The number of aromatic nitrogens is 4. The van der Waals surface area contributed by atoms with E-state index in [0.717, 1.165) is 23.2 Å². The summed E-state index contributed by atoms with van der Waals surface area (Å²) in [5.74, 6) is 1.23. The third-order valence-corrected chi connectivity index (χ3v) is 11.6. The molecule has 53 heavy (non-hydrogen) atoms. The van der Waals surface area contributed by atoms with Crippen LogP contribution in [0.15, 0.2) is 97.3 Å². The Bertz CT molecular complexity index is 2450. The third kappa shape index (κ3) is 5.61. The van der Waals surface area contributed by atoms with E-state index in [1.165, 1.54) is 73.1 Å². The molecular formula is C47H42FN5. The van der Waals surface area contributed by atoms with Crippen LogP contribution in [0.1, 0.15) is 55.6 Å². The van der Waals surface area contributed by atoms with Gasteiger partial charge in [0.2, 0.25) is 0 Å². The van der Waals surface area contributed by atoms with Crippen molar-refractivity contribution in [2.45, 2.75) is 61.8 Å². The molecule has 5 nitrogen and oxygen atoms in total. The summed E-state index contributed by atoms with van der Waals surface area (Å²) in [6.45, 7) is 17.8. The van der Waals surface area contributed by atoms with Crippen LogP contribution in [0.2, 0.25) is 0 Å². The van der Waals surface area contributed by atoms with Crippen molar-refractivity contribution in [3.63, 3.8) is 0 Å². The Morgan fingerprint density at radius 1 is 0.491 bits per heavy atom. The lowest BCUT2D eigenvalue weighted by molar-refractivity contribution is 0.631. The molecule has 5 aromatic carbocycles. The maximum Gasteiger partial charge on any atom is 0.164 e. The van der Waals surface area contributed by atoms with Gasteiger partial charge in [-0.3, -0.25) is 4.98 Å². The average Bonchev–Trinajstić information content (AvgIpc) is 3.20. The molecule has 0 bridgehead atoms. The van der Waals surface area contributed by atoms with Crippen LogP contribution in [-0.4, -0.2) is 19.9 Å². The van der Waals surface area contributed by atoms with Crippen molar-refractivity contribution in [1.29, 1.82) is 0 Å². The fraction of sp³-hybridized carbons (Fsp3) is 0.191. The molecule has 0 spiro atoms. The summed E-state index contributed by atoms with van der Waals surface area (Å²) in [6, 6.07) is 26.9. The van der Waals surface area contributed by atoms with E-state index in [9.17, 15) is 0 Å². The van der Waals surface area contributed by atoms with Gasteiger partial charge in [0.1, 0.15) is 5.82 Å². The molecule has 3 heterocycles. The summed E-state index contributed by atoms with van der Waals surface area (Å²) in [4.78, 5) is 21.7.